The summed E-state index contributed by atoms with van der Waals surface area (Å²) >= 11 is 0. The molecular formula is C14H21N3O3. The molecule has 1 fully saturated rings. The Bertz CT molecular complexity index is 499. The molecule has 1 aromatic heterocycles. The summed E-state index contributed by atoms with van der Waals surface area (Å²) in [6, 6.07) is 0. The Hall–Kier alpha value is -1.69. The second-order valence-corrected chi connectivity index (χ2v) is 5.58. The summed E-state index contributed by atoms with van der Waals surface area (Å²) in [5.74, 6) is 0.0761. The summed E-state index contributed by atoms with van der Waals surface area (Å²) in [6.07, 6.45) is 3.74. The molecule has 1 aliphatic rings. The molecule has 110 valence electrons. The number of aromatic nitrogens is 2. The molecule has 0 aromatic carbocycles. The van der Waals surface area contributed by atoms with Gasteiger partial charge in [-0.25, -0.2) is 14.8 Å². The summed E-state index contributed by atoms with van der Waals surface area (Å²) in [5.41, 5.74) is 5.60. The summed E-state index contributed by atoms with van der Waals surface area (Å²) in [7, 11) is 1.65. The molecule has 20 heavy (non-hydrogen) atoms. The Morgan fingerprint density at radius 2 is 2.00 bits per heavy atom. The third-order valence-electron chi connectivity index (χ3n) is 4.21. The predicted molar refractivity (Wildman–Crippen MR) is 74.5 cm³/mol. The largest absolute Gasteiger partial charge is 0.477 e. The normalized spacial score (nSPS) is 26.4. The van der Waals surface area contributed by atoms with E-state index in [0.29, 0.717) is 17.4 Å². The van der Waals surface area contributed by atoms with Gasteiger partial charge in [0, 0.05) is 7.11 Å². The number of aromatic carboxylic acids is 1. The maximum absolute atomic E-state index is 11.1. The number of nitrogens with zero attached hydrogens (tertiary/aromatic N) is 2. The molecule has 1 heterocycles. The highest BCUT2D eigenvalue weighted by molar-refractivity contribution is 5.93. The third-order valence-corrected chi connectivity index (χ3v) is 4.21. The third kappa shape index (κ3) is 2.47. The summed E-state index contributed by atoms with van der Waals surface area (Å²) in [5, 5.41) is 9.11. The maximum atomic E-state index is 11.1. The van der Waals surface area contributed by atoms with E-state index in [1.165, 1.54) is 0 Å². The number of hydrogen-bond donors (Lipinski definition) is 2. The van der Waals surface area contributed by atoms with Crippen LogP contribution in [0.3, 0.4) is 0 Å². The zero-order chi connectivity index (χ0) is 14.9. The molecule has 1 aliphatic carbocycles. The number of ether oxygens (including phenoxy) is 1. The van der Waals surface area contributed by atoms with Crippen molar-refractivity contribution < 1.29 is 14.6 Å². The second kappa shape index (κ2) is 5.36. The molecule has 0 atom stereocenters. The molecule has 3 N–H and O–H groups in total. The van der Waals surface area contributed by atoms with Crippen molar-refractivity contribution in [3.05, 3.63) is 17.1 Å². The van der Waals surface area contributed by atoms with Gasteiger partial charge < -0.3 is 15.6 Å². The lowest BCUT2D eigenvalue weighted by atomic mass is 9.79. The number of rotatable bonds is 3. The molecule has 0 saturated heterocycles. The first-order chi connectivity index (χ1) is 9.39. The van der Waals surface area contributed by atoms with E-state index in [4.69, 9.17) is 15.6 Å². The molecule has 0 aliphatic heterocycles. The number of carbonyl (C=O) groups is 1. The van der Waals surface area contributed by atoms with Gasteiger partial charge in [-0.15, -0.1) is 0 Å². The van der Waals surface area contributed by atoms with Crippen LogP contribution in [0.1, 0.15) is 54.5 Å². The average molecular weight is 279 g/mol. The van der Waals surface area contributed by atoms with Gasteiger partial charge in [0.05, 0.1) is 5.69 Å². The topological polar surface area (TPSA) is 98.3 Å². The van der Waals surface area contributed by atoms with Gasteiger partial charge in [0.25, 0.3) is 0 Å². The minimum atomic E-state index is -1.10. The van der Waals surface area contributed by atoms with Crippen molar-refractivity contribution in [2.75, 3.05) is 12.8 Å². The van der Waals surface area contributed by atoms with E-state index in [1.54, 1.807) is 14.0 Å². The molecule has 0 radical (unpaired) electrons. The van der Waals surface area contributed by atoms with Gasteiger partial charge in [0.15, 0.2) is 5.82 Å². The first-order valence-electron chi connectivity index (χ1n) is 6.82. The molecule has 2 rings (SSSR count). The lowest BCUT2D eigenvalue weighted by molar-refractivity contribution is -0.0597. The number of hydrogen-bond acceptors (Lipinski definition) is 5. The van der Waals surface area contributed by atoms with E-state index in [1.807, 2.05) is 0 Å². The Balaban J connectivity index is 2.44. The average Bonchev–Trinajstić information content (AvgIpc) is 2.38. The van der Waals surface area contributed by atoms with E-state index >= 15 is 0 Å². The first-order valence-corrected chi connectivity index (χ1v) is 6.82. The Labute approximate surface area is 118 Å². The van der Waals surface area contributed by atoms with Gasteiger partial charge in [-0.2, -0.15) is 0 Å². The molecule has 0 bridgehead atoms. The highest BCUT2D eigenvalue weighted by Crippen LogP contribution is 2.41. The monoisotopic (exact) mass is 279 g/mol. The SMILES string of the molecule is COC1(c2nc(C)c(C(=O)O)c(N)n2)CCC(C)CC1. The van der Waals surface area contributed by atoms with E-state index in [2.05, 4.69) is 16.9 Å². The molecule has 0 amide bonds. The van der Waals surface area contributed by atoms with Crippen LogP contribution < -0.4 is 5.73 Å². The molecule has 1 aromatic rings. The quantitative estimate of drug-likeness (QED) is 0.879. The predicted octanol–water partition coefficient (Wildman–Crippen LogP) is 2.12. The molecule has 6 nitrogen and oxygen atoms in total. The van der Waals surface area contributed by atoms with E-state index in [0.717, 1.165) is 25.7 Å². The van der Waals surface area contributed by atoms with Gasteiger partial charge in [0.1, 0.15) is 17.0 Å². The maximum Gasteiger partial charge on any atom is 0.341 e. The lowest BCUT2D eigenvalue weighted by Crippen LogP contribution is -2.36. The number of carboxylic acid groups (broad SMARTS) is 1. The van der Waals surface area contributed by atoms with Crippen molar-refractivity contribution in [3.63, 3.8) is 0 Å². The summed E-state index contributed by atoms with van der Waals surface area (Å²) in [6.45, 7) is 3.85. The summed E-state index contributed by atoms with van der Waals surface area (Å²) < 4.78 is 5.70. The number of anilines is 1. The van der Waals surface area contributed by atoms with Crippen molar-refractivity contribution in [1.82, 2.24) is 9.97 Å². The number of aryl methyl sites for hydroxylation is 1. The fraction of sp³-hybridized carbons (Fsp3) is 0.643. The van der Waals surface area contributed by atoms with E-state index in [-0.39, 0.29) is 11.4 Å². The second-order valence-electron chi connectivity index (χ2n) is 5.58. The van der Waals surface area contributed by atoms with E-state index in [9.17, 15) is 4.79 Å². The van der Waals surface area contributed by atoms with E-state index < -0.39 is 11.6 Å². The standard InChI is InChI=1S/C14H21N3O3/c1-8-4-6-14(20-3,7-5-8)13-16-9(2)10(12(18)19)11(15)17-13/h8H,4-7H2,1-3H3,(H,18,19)(H2,15,16,17). The zero-order valence-electron chi connectivity index (χ0n) is 12.1. The number of nitrogens with two attached hydrogens (primary N) is 1. The van der Waals surface area contributed by atoms with Crippen LogP contribution in [0.15, 0.2) is 0 Å². The molecule has 6 heteroatoms. The summed E-state index contributed by atoms with van der Waals surface area (Å²) in [4.78, 5) is 19.7. The Morgan fingerprint density at radius 1 is 1.40 bits per heavy atom. The molecule has 0 spiro atoms. The van der Waals surface area contributed by atoms with Crippen LogP contribution in [0.5, 0.6) is 0 Å². The van der Waals surface area contributed by atoms with Crippen LogP contribution in [0.2, 0.25) is 0 Å². The highest BCUT2D eigenvalue weighted by atomic mass is 16.5. The van der Waals surface area contributed by atoms with Gasteiger partial charge in [-0.05, 0) is 38.5 Å². The molecule has 0 unspecified atom stereocenters. The Kier molecular flexibility index (Phi) is 3.94. The van der Waals surface area contributed by atoms with Gasteiger partial charge >= 0.3 is 5.97 Å². The minimum absolute atomic E-state index is 0.00930. The number of methoxy groups -OCH3 is 1. The van der Waals surface area contributed by atoms with Crippen LogP contribution >= 0.6 is 0 Å². The van der Waals surface area contributed by atoms with Gasteiger partial charge in [-0.1, -0.05) is 6.92 Å². The highest BCUT2D eigenvalue weighted by Gasteiger charge is 2.39. The van der Waals surface area contributed by atoms with Crippen LogP contribution in [0.25, 0.3) is 0 Å². The van der Waals surface area contributed by atoms with Crippen molar-refractivity contribution in [2.24, 2.45) is 5.92 Å². The van der Waals surface area contributed by atoms with Crippen molar-refractivity contribution in [1.29, 1.82) is 0 Å². The van der Waals surface area contributed by atoms with Gasteiger partial charge in [-0.3, -0.25) is 0 Å². The van der Waals surface area contributed by atoms with Crippen LogP contribution in [-0.2, 0) is 10.3 Å². The number of carboxylic acids is 1. The van der Waals surface area contributed by atoms with Crippen molar-refractivity contribution in [2.45, 2.75) is 45.1 Å². The van der Waals surface area contributed by atoms with Crippen LogP contribution in [-0.4, -0.2) is 28.2 Å². The zero-order valence-corrected chi connectivity index (χ0v) is 12.1. The minimum Gasteiger partial charge on any atom is -0.477 e. The van der Waals surface area contributed by atoms with Gasteiger partial charge in [0.2, 0.25) is 0 Å². The fourth-order valence-corrected chi connectivity index (χ4v) is 2.81. The first kappa shape index (κ1) is 14.7. The van der Waals surface area contributed by atoms with Crippen LogP contribution in [0, 0.1) is 12.8 Å². The number of nitrogen functional groups attached to an aromatic ring is 1. The smallest absolute Gasteiger partial charge is 0.341 e. The molecule has 1 saturated carbocycles. The van der Waals surface area contributed by atoms with Crippen molar-refractivity contribution in [3.8, 4) is 0 Å². The Morgan fingerprint density at radius 3 is 2.45 bits per heavy atom. The fourth-order valence-electron chi connectivity index (χ4n) is 2.81. The molecular weight excluding hydrogens is 258 g/mol. The van der Waals surface area contributed by atoms with Crippen molar-refractivity contribution >= 4 is 11.8 Å². The lowest BCUT2D eigenvalue weighted by Gasteiger charge is -2.37. The van der Waals surface area contributed by atoms with Crippen LogP contribution in [0.4, 0.5) is 5.82 Å².